The molecule has 1 heterocycles. The molecule has 5 nitrogen and oxygen atoms in total. The van der Waals surface area contributed by atoms with Crippen molar-refractivity contribution in [3.05, 3.63) is 35.4 Å². The molecule has 1 fully saturated rings. The number of piperidine rings is 1. The molecule has 0 saturated carbocycles. The van der Waals surface area contributed by atoms with E-state index in [0.29, 0.717) is 0 Å². The minimum atomic E-state index is -5.12. The van der Waals surface area contributed by atoms with Gasteiger partial charge in [-0.05, 0) is 44.9 Å². The Morgan fingerprint density at radius 1 is 1.14 bits per heavy atom. The summed E-state index contributed by atoms with van der Waals surface area (Å²) in [5.74, 6) is -5.14. The van der Waals surface area contributed by atoms with E-state index in [1.807, 2.05) is 5.32 Å². The van der Waals surface area contributed by atoms with Gasteiger partial charge in [0.05, 0.1) is 6.04 Å². The molecular formula is C18H21F5N2O3. The number of ether oxygens (including phenoxy) is 1. The van der Waals surface area contributed by atoms with E-state index >= 15 is 0 Å². The molecule has 1 aromatic carbocycles. The maximum absolute atomic E-state index is 13.6. The predicted octanol–water partition coefficient (Wildman–Crippen LogP) is 3.74. The molecule has 0 aromatic heterocycles. The average Bonchev–Trinajstić information content (AvgIpc) is 2.55. The van der Waals surface area contributed by atoms with Crippen LogP contribution in [0.2, 0.25) is 0 Å². The van der Waals surface area contributed by atoms with Gasteiger partial charge in [-0.3, -0.25) is 4.79 Å². The topological polar surface area (TPSA) is 58.6 Å². The van der Waals surface area contributed by atoms with Crippen molar-refractivity contribution < 1.29 is 36.3 Å². The first-order valence-corrected chi connectivity index (χ1v) is 8.58. The van der Waals surface area contributed by atoms with E-state index in [2.05, 4.69) is 0 Å². The van der Waals surface area contributed by atoms with Gasteiger partial charge in [0, 0.05) is 19.0 Å². The number of hydrogen-bond acceptors (Lipinski definition) is 3. The molecule has 1 aliphatic heterocycles. The van der Waals surface area contributed by atoms with Gasteiger partial charge in [0.1, 0.15) is 5.60 Å². The van der Waals surface area contributed by atoms with Crippen molar-refractivity contribution in [3.63, 3.8) is 0 Å². The largest absolute Gasteiger partial charge is 0.471 e. The molecule has 0 unspecified atom stereocenters. The van der Waals surface area contributed by atoms with Gasteiger partial charge in [0.2, 0.25) is 0 Å². The van der Waals surface area contributed by atoms with Crippen molar-refractivity contribution in [1.29, 1.82) is 0 Å². The lowest BCUT2D eigenvalue weighted by Gasteiger charge is -2.39. The van der Waals surface area contributed by atoms with Crippen LogP contribution in [0.3, 0.4) is 0 Å². The number of alkyl halides is 3. The molecule has 0 radical (unpaired) electrons. The van der Waals surface area contributed by atoms with Crippen LogP contribution in [0.1, 0.15) is 38.7 Å². The Morgan fingerprint density at radius 2 is 1.79 bits per heavy atom. The van der Waals surface area contributed by atoms with Crippen molar-refractivity contribution in [3.8, 4) is 0 Å². The maximum Gasteiger partial charge on any atom is 0.471 e. The molecular weight excluding hydrogens is 387 g/mol. The summed E-state index contributed by atoms with van der Waals surface area (Å²) < 4.78 is 70.1. The third-order valence-electron chi connectivity index (χ3n) is 4.21. The van der Waals surface area contributed by atoms with Crippen LogP contribution in [0.25, 0.3) is 0 Å². The van der Waals surface area contributed by atoms with E-state index < -0.39 is 47.4 Å². The highest BCUT2D eigenvalue weighted by molar-refractivity contribution is 5.82. The molecule has 2 rings (SSSR count). The zero-order chi connectivity index (χ0) is 21.3. The normalized spacial score (nSPS) is 20.6. The highest BCUT2D eigenvalue weighted by atomic mass is 19.4. The number of halogens is 5. The fraction of sp³-hybridized carbons (Fsp3) is 0.556. The highest BCUT2D eigenvalue weighted by Gasteiger charge is 2.43. The van der Waals surface area contributed by atoms with E-state index in [4.69, 9.17) is 4.74 Å². The number of nitrogens with one attached hydrogen (secondary N) is 1. The molecule has 2 atom stereocenters. The Hall–Kier alpha value is -2.39. The van der Waals surface area contributed by atoms with Crippen LogP contribution < -0.4 is 5.32 Å². The van der Waals surface area contributed by atoms with E-state index in [1.165, 1.54) is 11.0 Å². The van der Waals surface area contributed by atoms with Gasteiger partial charge in [-0.25, -0.2) is 13.6 Å². The van der Waals surface area contributed by atoms with E-state index in [-0.39, 0.29) is 25.1 Å². The zero-order valence-corrected chi connectivity index (χ0v) is 15.6. The number of likely N-dealkylation sites (tertiary alicyclic amines) is 1. The average molecular weight is 408 g/mol. The summed E-state index contributed by atoms with van der Waals surface area (Å²) in [4.78, 5) is 24.9. The summed E-state index contributed by atoms with van der Waals surface area (Å²) in [7, 11) is 0. The molecule has 156 valence electrons. The minimum Gasteiger partial charge on any atom is -0.444 e. The van der Waals surface area contributed by atoms with E-state index in [0.717, 1.165) is 12.1 Å². The summed E-state index contributed by atoms with van der Waals surface area (Å²) >= 11 is 0. The summed E-state index contributed by atoms with van der Waals surface area (Å²) in [6, 6.07) is 1.85. The molecule has 0 spiro atoms. The van der Waals surface area contributed by atoms with Crippen LogP contribution in [0, 0.1) is 11.6 Å². The second-order valence-corrected chi connectivity index (χ2v) is 7.57. The van der Waals surface area contributed by atoms with Crippen LogP contribution >= 0.6 is 0 Å². The number of carbonyl (C=O) groups is 2. The van der Waals surface area contributed by atoms with Crippen molar-refractivity contribution in [2.75, 3.05) is 13.1 Å². The van der Waals surface area contributed by atoms with Gasteiger partial charge < -0.3 is 15.0 Å². The van der Waals surface area contributed by atoms with Crippen LogP contribution in [0.4, 0.5) is 26.7 Å². The smallest absolute Gasteiger partial charge is 0.444 e. The van der Waals surface area contributed by atoms with Gasteiger partial charge in [0.15, 0.2) is 11.6 Å². The first-order valence-electron chi connectivity index (χ1n) is 8.58. The minimum absolute atomic E-state index is 0.122. The van der Waals surface area contributed by atoms with Crippen LogP contribution in [0.5, 0.6) is 0 Å². The molecule has 1 aliphatic rings. The van der Waals surface area contributed by atoms with Crippen molar-refractivity contribution in [2.45, 2.75) is 50.9 Å². The number of hydrogen-bond donors (Lipinski definition) is 1. The maximum atomic E-state index is 13.6. The van der Waals surface area contributed by atoms with E-state index in [9.17, 15) is 31.5 Å². The Balaban J connectivity index is 2.26. The molecule has 0 bridgehead atoms. The molecule has 0 aliphatic carbocycles. The van der Waals surface area contributed by atoms with Crippen molar-refractivity contribution in [1.82, 2.24) is 10.2 Å². The van der Waals surface area contributed by atoms with Crippen LogP contribution in [-0.4, -0.2) is 47.8 Å². The summed E-state index contributed by atoms with van der Waals surface area (Å²) in [5, 5.41) is 1.86. The monoisotopic (exact) mass is 408 g/mol. The second-order valence-electron chi connectivity index (χ2n) is 7.57. The quantitative estimate of drug-likeness (QED) is 0.759. The lowest BCUT2D eigenvalue weighted by Crippen LogP contribution is -2.56. The Labute approximate surface area is 158 Å². The third-order valence-corrected chi connectivity index (χ3v) is 4.21. The number of carbonyl (C=O) groups excluding carboxylic acids is 2. The van der Waals surface area contributed by atoms with Crippen molar-refractivity contribution >= 4 is 12.0 Å². The SMILES string of the molecule is CC(C)(C)OC(=O)N1CC[C@H](c2ccc(F)c(F)c2)[C@@H](NC(=O)C(F)(F)F)C1. The predicted molar refractivity (Wildman–Crippen MR) is 89.5 cm³/mol. The summed E-state index contributed by atoms with van der Waals surface area (Å²) in [5.41, 5.74) is -0.575. The Bertz CT molecular complexity index is 746. The van der Waals surface area contributed by atoms with Gasteiger partial charge in [-0.2, -0.15) is 13.2 Å². The van der Waals surface area contributed by atoms with Gasteiger partial charge in [0.25, 0.3) is 0 Å². The molecule has 1 aromatic rings. The lowest BCUT2D eigenvalue weighted by atomic mass is 9.85. The van der Waals surface area contributed by atoms with Gasteiger partial charge in [-0.15, -0.1) is 0 Å². The Morgan fingerprint density at radius 3 is 2.32 bits per heavy atom. The zero-order valence-electron chi connectivity index (χ0n) is 15.6. The number of amides is 2. The van der Waals surface area contributed by atoms with Crippen LogP contribution in [-0.2, 0) is 9.53 Å². The Kier molecular flexibility index (Phi) is 6.20. The first kappa shape index (κ1) is 21.9. The highest BCUT2D eigenvalue weighted by Crippen LogP contribution is 2.31. The number of benzene rings is 1. The van der Waals surface area contributed by atoms with Gasteiger partial charge in [-0.1, -0.05) is 6.07 Å². The molecule has 2 amide bonds. The summed E-state index contributed by atoms with van der Waals surface area (Å²) in [6.45, 7) is 4.78. The first-order chi connectivity index (χ1) is 12.8. The fourth-order valence-electron chi connectivity index (χ4n) is 2.98. The second kappa shape index (κ2) is 7.92. The lowest BCUT2D eigenvalue weighted by molar-refractivity contribution is -0.174. The third kappa shape index (κ3) is 5.56. The standard InChI is InChI=1S/C18H21F5N2O3/c1-17(2,3)28-16(27)25-7-6-11(10-4-5-12(19)13(20)8-10)14(9-25)24-15(26)18(21,22)23/h4-5,8,11,14H,6-7,9H2,1-3H3,(H,24,26)/t11-,14+/m1/s1. The molecule has 28 heavy (non-hydrogen) atoms. The fourth-order valence-corrected chi connectivity index (χ4v) is 2.98. The number of rotatable bonds is 2. The number of nitrogens with zero attached hydrogens (tertiary/aromatic N) is 1. The van der Waals surface area contributed by atoms with Gasteiger partial charge >= 0.3 is 18.2 Å². The van der Waals surface area contributed by atoms with E-state index in [1.54, 1.807) is 20.8 Å². The summed E-state index contributed by atoms with van der Waals surface area (Å²) in [6.07, 6.45) is -5.72. The van der Waals surface area contributed by atoms with Crippen molar-refractivity contribution in [2.24, 2.45) is 0 Å². The molecule has 1 saturated heterocycles. The van der Waals surface area contributed by atoms with Crippen LogP contribution in [0.15, 0.2) is 18.2 Å². The molecule has 1 N–H and O–H groups in total. The molecule has 10 heteroatoms.